The number of aliphatic imine (C=N–C) groups is 1. The van der Waals surface area contributed by atoms with Crippen LogP contribution in [0.1, 0.15) is 16.8 Å². The summed E-state index contributed by atoms with van der Waals surface area (Å²) >= 11 is 4.78. The number of hydrogen-bond acceptors (Lipinski definition) is 2. The maximum Gasteiger partial charge on any atom is 0.242 e. The Kier molecular flexibility index (Phi) is 1.81. The number of aryl methyl sites for hydroxylation is 1. The highest BCUT2D eigenvalue weighted by atomic mass is 32.1. The van der Waals surface area contributed by atoms with Crippen molar-refractivity contribution in [3.8, 4) is 0 Å². The molecule has 0 radical (unpaired) electrons. The Balaban J connectivity index is 2.48. The van der Waals surface area contributed by atoms with Crippen LogP contribution in [0.3, 0.4) is 0 Å². The summed E-state index contributed by atoms with van der Waals surface area (Å²) in [5.74, 6) is 0.579. The van der Waals surface area contributed by atoms with Crippen molar-refractivity contribution in [1.29, 1.82) is 0 Å². The molecule has 0 bridgehead atoms. The summed E-state index contributed by atoms with van der Waals surface area (Å²) in [7, 11) is 0. The minimum atomic E-state index is 0.293. The average molecular weight is 192 g/mol. The number of nitrogens with zero attached hydrogens (tertiary/aromatic N) is 3. The first kappa shape index (κ1) is 8.25. The van der Waals surface area contributed by atoms with Crippen molar-refractivity contribution in [3.05, 3.63) is 23.0 Å². The van der Waals surface area contributed by atoms with Crippen molar-refractivity contribution >= 4 is 23.2 Å². The van der Waals surface area contributed by atoms with Gasteiger partial charge in [-0.2, -0.15) is 4.99 Å². The molecule has 0 aromatic carbocycles. The zero-order valence-corrected chi connectivity index (χ0v) is 8.14. The molecule has 1 aliphatic heterocycles. The Bertz CT molecular complexity index is 427. The number of amidine groups is 1. The monoisotopic (exact) mass is 192 g/mol. The Morgan fingerprint density at radius 2 is 2.08 bits per heavy atom. The van der Waals surface area contributed by atoms with Gasteiger partial charge < -0.3 is 4.98 Å². The molecule has 13 heavy (non-hydrogen) atoms. The summed E-state index contributed by atoms with van der Waals surface area (Å²) in [5.41, 5.74) is 3.23. The summed E-state index contributed by atoms with van der Waals surface area (Å²) in [6.45, 7) is 4.04. The van der Waals surface area contributed by atoms with E-state index in [9.17, 15) is 0 Å². The molecule has 0 aliphatic carbocycles. The van der Waals surface area contributed by atoms with Crippen LogP contribution in [0.2, 0.25) is 0 Å². The van der Waals surface area contributed by atoms with Crippen LogP contribution in [0.5, 0.6) is 0 Å². The molecule has 2 heterocycles. The molecule has 1 aliphatic rings. The van der Waals surface area contributed by atoms with Crippen LogP contribution in [-0.2, 0) is 0 Å². The average Bonchev–Trinajstić information content (AvgIpc) is 2.62. The van der Waals surface area contributed by atoms with Crippen molar-refractivity contribution in [1.82, 2.24) is 4.98 Å². The normalized spacial score (nSPS) is 15.2. The van der Waals surface area contributed by atoms with E-state index in [2.05, 4.69) is 20.2 Å². The number of aromatic amines is 1. The zero-order chi connectivity index (χ0) is 9.42. The van der Waals surface area contributed by atoms with Crippen LogP contribution in [0.4, 0.5) is 0 Å². The van der Waals surface area contributed by atoms with Gasteiger partial charge in [0.05, 0.1) is 5.69 Å². The van der Waals surface area contributed by atoms with Gasteiger partial charge in [-0.05, 0) is 37.2 Å². The van der Waals surface area contributed by atoms with Crippen molar-refractivity contribution in [2.75, 3.05) is 0 Å². The third kappa shape index (κ3) is 1.31. The Morgan fingerprint density at radius 1 is 1.31 bits per heavy atom. The minimum Gasteiger partial charge on any atom is -0.358 e. The maximum atomic E-state index is 4.78. The molecule has 0 spiro atoms. The van der Waals surface area contributed by atoms with Gasteiger partial charge in [0.15, 0.2) is 0 Å². The van der Waals surface area contributed by atoms with E-state index in [1.165, 1.54) is 5.56 Å². The van der Waals surface area contributed by atoms with Crippen LogP contribution in [0, 0.1) is 13.8 Å². The van der Waals surface area contributed by atoms with Gasteiger partial charge in [0, 0.05) is 6.20 Å². The molecular weight excluding hydrogens is 184 g/mol. The molecular formula is C8H8N4S. The minimum absolute atomic E-state index is 0.293. The Labute approximate surface area is 80.8 Å². The van der Waals surface area contributed by atoms with E-state index in [1.54, 1.807) is 0 Å². The molecule has 1 N–H and O–H groups in total. The van der Waals surface area contributed by atoms with E-state index in [0.29, 0.717) is 10.9 Å². The van der Waals surface area contributed by atoms with E-state index >= 15 is 0 Å². The lowest BCUT2D eigenvalue weighted by atomic mass is 10.2. The second-order valence-electron chi connectivity index (χ2n) is 2.89. The van der Waals surface area contributed by atoms with Crippen LogP contribution in [-0.4, -0.2) is 15.9 Å². The van der Waals surface area contributed by atoms with Crippen molar-refractivity contribution in [3.63, 3.8) is 0 Å². The van der Waals surface area contributed by atoms with Gasteiger partial charge in [-0.25, -0.2) is 0 Å². The fourth-order valence-corrected chi connectivity index (χ4v) is 1.28. The van der Waals surface area contributed by atoms with E-state index < -0.39 is 0 Å². The molecule has 0 fully saturated rings. The van der Waals surface area contributed by atoms with Crippen molar-refractivity contribution < 1.29 is 0 Å². The Morgan fingerprint density at radius 3 is 2.54 bits per heavy atom. The summed E-state index contributed by atoms with van der Waals surface area (Å²) in [6.07, 6.45) is 1.92. The predicted molar refractivity (Wildman–Crippen MR) is 54.3 cm³/mol. The van der Waals surface area contributed by atoms with Gasteiger partial charge >= 0.3 is 0 Å². The molecule has 0 unspecified atom stereocenters. The molecule has 5 heteroatoms. The molecule has 1 aromatic rings. The molecule has 66 valence electrons. The second kappa shape index (κ2) is 2.85. The summed E-state index contributed by atoms with van der Waals surface area (Å²) in [6, 6.07) is 0. The van der Waals surface area contributed by atoms with Gasteiger partial charge in [0.2, 0.25) is 10.9 Å². The zero-order valence-electron chi connectivity index (χ0n) is 7.33. The number of nitrogens with one attached hydrogen (secondary N) is 1. The van der Waals surface area contributed by atoms with Gasteiger partial charge in [0.1, 0.15) is 0 Å². The van der Waals surface area contributed by atoms with Crippen LogP contribution < -0.4 is 0 Å². The third-order valence-electron chi connectivity index (χ3n) is 2.05. The quantitative estimate of drug-likeness (QED) is 0.681. The van der Waals surface area contributed by atoms with Crippen LogP contribution in [0.25, 0.3) is 0 Å². The lowest BCUT2D eigenvalue weighted by molar-refractivity contribution is 1.30. The summed E-state index contributed by atoms with van der Waals surface area (Å²) in [5, 5.41) is 7.83. The van der Waals surface area contributed by atoms with E-state index in [0.717, 1.165) is 11.3 Å². The number of rotatable bonds is 1. The van der Waals surface area contributed by atoms with E-state index in [1.807, 2.05) is 20.0 Å². The SMILES string of the molecule is Cc1c[nH]c(C2=NC(=S)N=N2)c1C. The van der Waals surface area contributed by atoms with Gasteiger partial charge in [-0.1, -0.05) is 0 Å². The van der Waals surface area contributed by atoms with E-state index in [-0.39, 0.29) is 0 Å². The van der Waals surface area contributed by atoms with Gasteiger partial charge in [-0.15, -0.1) is 10.2 Å². The third-order valence-corrected chi connectivity index (χ3v) is 2.23. The van der Waals surface area contributed by atoms with E-state index in [4.69, 9.17) is 12.2 Å². The van der Waals surface area contributed by atoms with Crippen molar-refractivity contribution in [2.45, 2.75) is 13.8 Å². The highest BCUT2D eigenvalue weighted by Crippen LogP contribution is 2.15. The fraction of sp³-hybridized carbons (Fsp3) is 0.250. The lowest BCUT2D eigenvalue weighted by Gasteiger charge is -1.93. The van der Waals surface area contributed by atoms with Gasteiger partial charge in [-0.3, -0.25) is 0 Å². The summed E-state index contributed by atoms with van der Waals surface area (Å²) in [4.78, 5) is 7.11. The molecule has 0 saturated carbocycles. The summed E-state index contributed by atoms with van der Waals surface area (Å²) < 4.78 is 0. The lowest BCUT2D eigenvalue weighted by Crippen LogP contribution is -1.97. The standard InChI is InChI=1S/C8H8N4S/c1-4-3-9-6(5(4)2)7-10-8(13)12-11-7/h3,9H,1-2H3. The fourth-order valence-electron chi connectivity index (χ4n) is 1.16. The Hall–Kier alpha value is -1.36. The number of H-pyrrole nitrogens is 1. The van der Waals surface area contributed by atoms with Crippen LogP contribution >= 0.6 is 12.2 Å². The highest BCUT2D eigenvalue weighted by Gasteiger charge is 2.14. The molecule has 2 rings (SSSR count). The number of aromatic nitrogens is 1. The van der Waals surface area contributed by atoms with Crippen LogP contribution in [0.15, 0.2) is 21.4 Å². The number of hydrogen-bond donors (Lipinski definition) is 1. The number of thiocarbonyl (C=S) groups is 1. The highest BCUT2D eigenvalue weighted by molar-refractivity contribution is 7.80. The molecule has 0 amide bonds. The molecule has 0 saturated heterocycles. The molecule has 4 nitrogen and oxygen atoms in total. The van der Waals surface area contributed by atoms with Gasteiger partial charge in [0.25, 0.3) is 0 Å². The molecule has 0 atom stereocenters. The second-order valence-corrected chi connectivity index (χ2v) is 3.25. The first-order valence-corrected chi connectivity index (χ1v) is 4.28. The largest absolute Gasteiger partial charge is 0.358 e. The topological polar surface area (TPSA) is 52.9 Å². The molecule has 1 aromatic heterocycles. The first-order valence-electron chi connectivity index (χ1n) is 3.88. The predicted octanol–water partition coefficient (Wildman–Crippen LogP) is 2.13. The first-order chi connectivity index (χ1) is 6.18. The maximum absolute atomic E-state index is 4.78. The number of azo groups is 1. The van der Waals surface area contributed by atoms with Crippen molar-refractivity contribution in [2.24, 2.45) is 15.2 Å². The smallest absolute Gasteiger partial charge is 0.242 e.